The van der Waals surface area contributed by atoms with E-state index in [1.54, 1.807) is 6.07 Å². The summed E-state index contributed by atoms with van der Waals surface area (Å²) in [5, 5.41) is 12.4. The molecule has 94 valence electrons. The fourth-order valence-corrected chi connectivity index (χ4v) is 2.70. The normalized spacial score (nSPS) is 12.5. The first-order valence-corrected chi connectivity index (χ1v) is 7.21. The van der Waals surface area contributed by atoms with E-state index in [1.807, 2.05) is 0 Å². The lowest BCUT2D eigenvalue weighted by atomic mass is 10.1. The van der Waals surface area contributed by atoms with Gasteiger partial charge in [-0.15, -0.1) is 0 Å². The maximum absolute atomic E-state index is 11.9. The second-order valence-electron chi connectivity index (χ2n) is 4.14. The highest BCUT2D eigenvalue weighted by atomic mass is 127. The van der Waals surface area contributed by atoms with Gasteiger partial charge in [-0.3, -0.25) is 4.79 Å². The smallest absolute Gasteiger partial charge is 0.251 e. The van der Waals surface area contributed by atoms with E-state index in [0.717, 1.165) is 4.43 Å². The minimum atomic E-state index is -0.165. The van der Waals surface area contributed by atoms with Gasteiger partial charge < -0.3 is 10.4 Å². The second-order valence-corrected chi connectivity index (χ2v) is 5.43. The molecule has 0 aliphatic heterocycles. The number of phenols is 1. The molecule has 1 atom stereocenters. The van der Waals surface area contributed by atoms with Gasteiger partial charge in [-0.05, 0) is 24.1 Å². The molecule has 0 aromatic heterocycles. The standard InChI is InChI=1S/C12H15ClINO2/c1-7(2)10(6-14)15-12(17)8-3-4-11(16)9(13)5-8/h3-5,7,10,16H,6H2,1-2H3,(H,15,17). The van der Waals surface area contributed by atoms with Gasteiger partial charge in [0.1, 0.15) is 5.75 Å². The Labute approximate surface area is 120 Å². The van der Waals surface area contributed by atoms with E-state index in [4.69, 9.17) is 11.6 Å². The van der Waals surface area contributed by atoms with Crippen molar-refractivity contribution in [2.24, 2.45) is 5.92 Å². The van der Waals surface area contributed by atoms with Gasteiger partial charge in [-0.2, -0.15) is 0 Å². The molecule has 0 fully saturated rings. The van der Waals surface area contributed by atoms with Gasteiger partial charge in [-0.1, -0.05) is 48.0 Å². The molecule has 1 unspecified atom stereocenters. The summed E-state index contributed by atoms with van der Waals surface area (Å²) >= 11 is 8.01. The summed E-state index contributed by atoms with van der Waals surface area (Å²) in [5.74, 6) is 0.197. The van der Waals surface area contributed by atoms with Crippen molar-refractivity contribution < 1.29 is 9.90 Å². The van der Waals surface area contributed by atoms with Crippen LogP contribution in [0, 0.1) is 5.92 Å². The number of nitrogens with one attached hydrogen (secondary N) is 1. The van der Waals surface area contributed by atoms with Crippen LogP contribution in [-0.2, 0) is 0 Å². The van der Waals surface area contributed by atoms with E-state index >= 15 is 0 Å². The SMILES string of the molecule is CC(C)C(CI)NC(=O)c1ccc(O)c(Cl)c1. The molecule has 2 N–H and O–H groups in total. The molecular formula is C12H15ClINO2. The van der Waals surface area contributed by atoms with Crippen LogP contribution in [0.5, 0.6) is 5.75 Å². The second kappa shape index (κ2) is 6.44. The topological polar surface area (TPSA) is 49.3 Å². The first kappa shape index (κ1) is 14.6. The monoisotopic (exact) mass is 367 g/mol. The molecule has 0 bridgehead atoms. The van der Waals surface area contributed by atoms with Crippen LogP contribution in [0.15, 0.2) is 18.2 Å². The fourth-order valence-electron chi connectivity index (χ4n) is 1.28. The van der Waals surface area contributed by atoms with E-state index < -0.39 is 0 Å². The molecule has 0 spiro atoms. The molecule has 1 aromatic carbocycles. The van der Waals surface area contributed by atoms with Gasteiger partial charge in [0.2, 0.25) is 0 Å². The van der Waals surface area contributed by atoms with Crippen LogP contribution in [0.1, 0.15) is 24.2 Å². The van der Waals surface area contributed by atoms with Gasteiger partial charge >= 0.3 is 0 Å². The van der Waals surface area contributed by atoms with Gasteiger partial charge in [0, 0.05) is 16.0 Å². The lowest BCUT2D eigenvalue weighted by molar-refractivity contribution is 0.0932. The number of carbonyl (C=O) groups is 1. The predicted molar refractivity (Wildman–Crippen MR) is 78.1 cm³/mol. The van der Waals surface area contributed by atoms with Crippen molar-refractivity contribution in [3.8, 4) is 5.75 Å². The summed E-state index contributed by atoms with van der Waals surface area (Å²) in [6.45, 7) is 4.13. The van der Waals surface area contributed by atoms with Crippen LogP contribution >= 0.6 is 34.2 Å². The number of phenolic OH excluding ortho intramolecular Hbond substituents is 1. The van der Waals surface area contributed by atoms with Crippen molar-refractivity contribution in [2.45, 2.75) is 19.9 Å². The lowest BCUT2D eigenvalue weighted by Gasteiger charge is -2.20. The molecule has 1 rings (SSSR count). The molecule has 5 heteroatoms. The van der Waals surface area contributed by atoms with Crippen molar-refractivity contribution in [3.05, 3.63) is 28.8 Å². The summed E-state index contributed by atoms with van der Waals surface area (Å²) < 4.78 is 0.854. The van der Waals surface area contributed by atoms with Crippen LogP contribution in [0.25, 0.3) is 0 Å². The Hall–Kier alpha value is -0.490. The van der Waals surface area contributed by atoms with E-state index in [-0.39, 0.29) is 22.7 Å². The highest BCUT2D eigenvalue weighted by molar-refractivity contribution is 14.1. The minimum Gasteiger partial charge on any atom is -0.506 e. The van der Waals surface area contributed by atoms with Gasteiger partial charge in [-0.25, -0.2) is 0 Å². The Bertz CT molecular complexity index is 409. The summed E-state index contributed by atoms with van der Waals surface area (Å²) in [6, 6.07) is 4.58. The number of hydrogen-bond acceptors (Lipinski definition) is 2. The number of benzene rings is 1. The molecule has 3 nitrogen and oxygen atoms in total. The van der Waals surface area contributed by atoms with Crippen molar-refractivity contribution in [3.63, 3.8) is 0 Å². The molecule has 1 amide bonds. The number of alkyl halides is 1. The minimum absolute atomic E-state index is 0.0162. The molecule has 1 aromatic rings. The Morgan fingerprint density at radius 3 is 2.65 bits per heavy atom. The zero-order valence-electron chi connectivity index (χ0n) is 9.71. The third-order valence-electron chi connectivity index (χ3n) is 2.50. The Morgan fingerprint density at radius 1 is 1.53 bits per heavy atom. The van der Waals surface area contributed by atoms with Crippen LogP contribution in [0.3, 0.4) is 0 Å². The fraction of sp³-hybridized carbons (Fsp3) is 0.417. The molecule has 0 saturated heterocycles. The molecule has 0 heterocycles. The molecule has 0 aliphatic carbocycles. The number of hydrogen-bond donors (Lipinski definition) is 2. The molecule has 0 aliphatic rings. The van der Waals surface area contributed by atoms with Crippen LogP contribution in [-0.4, -0.2) is 21.5 Å². The maximum atomic E-state index is 11.9. The highest BCUT2D eigenvalue weighted by Gasteiger charge is 2.16. The quantitative estimate of drug-likeness (QED) is 0.634. The van der Waals surface area contributed by atoms with Gasteiger partial charge in [0.05, 0.1) is 5.02 Å². The Morgan fingerprint density at radius 2 is 2.18 bits per heavy atom. The number of carbonyl (C=O) groups excluding carboxylic acids is 1. The van der Waals surface area contributed by atoms with Crippen LogP contribution in [0.2, 0.25) is 5.02 Å². The van der Waals surface area contributed by atoms with Crippen LogP contribution < -0.4 is 5.32 Å². The predicted octanol–water partition coefficient (Wildman–Crippen LogP) is 3.24. The van der Waals surface area contributed by atoms with Gasteiger partial charge in [0.25, 0.3) is 5.91 Å². The maximum Gasteiger partial charge on any atom is 0.251 e. The molecular weight excluding hydrogens is 352 g/mol. The summed E-state index contributed by atoms with van der Waals surface area (Å²) in [7, 11) is 0. The number of rotatable bonds is 4. The largest absolute Gasteiger partial charge is 0.506 e. The summed E-state index contributed by atoms with van der Waals surface area (Å²) in [6.07, 6.45) is 0. The zero-order valence-corrected chi connectivity index (χ0v) is 12.6. The molecule has 0 radical (unpaired) electrons. The van der Waals surface area contributed by atoms with Crippen molar-refractivity contribution in [1.29, 1.82) is 0 Å². The first-order valence-electron chi connectivity index (χ1n) is 5.31. The Kier molecular flexibility index (Phi) is 5.52. The van der Waals surface area contributed by atoms with E-state index in [2.05, 4.69) is 41.8 Å². The number of halogens is 2. The van der Waals surface area contributed by atoms with Crippen molar-refractivity contribution in [2.75, 3.05) is 4.43 Å². The van der Waals surface area contributed by atoms with Gasteiger partial charge in [0.15, 0.2) is 0 Å². The van der Waals surface area contributed by atoms with Crippen LogP contribution in [0.4, 0.5) is 0 Å². The lowest BCUT2D eigenvalue weighted by Crippen LogP contribution is -2.39. The first-order chi connectivity index (χ1) is 7.95. The molecule has 17 heavy (non-hydrogen) atoms. The average Bonchev–Trinajstić information content (AvgIpc) is 2.28. The van der Waals surface area contributed by atoms with E-state index in [0.29, 0.717) is 11.5 Å². The summed E-state index contributed by atoms with van der Waals surface area (Å²) in [5.41, 5.74) is 0.461. The third kappa shape index (κ3) is 4.03. The number of amides is 1. The Balaban J connectivity index is 2.79. The third-order valence-corrected chi connectivity index (χ3v) is 3.75. The zero-order chi connectivity index (χ0) is 13.0. The number of aromatic hydroxyl groups is 1. The molecule has 0 saturated carbocycles. The van der Waals surface area contributed by atoms with E-state index in [1.165, 1.54) is 12.1 Å². The van der Waals surface area contributed by atoms with E-state index in [9.17, 15) is 9.90 Å². The van der Waals surface area contributed by atoms with Crippen molar-refractivity contribution in [1.82, 2.24) is 5.32 Å². The average molecular weight is 368 g/mol. The highest BCUT2D eigenvalue weighted by Crippen LogP contribution is 2.23. The summed E-state index contributed by atoms with van der Waals surface area (Å²) in [4.78, 5) is 11.9. The van der Waals surface area contributed by atoms with Crippen molar-refractivity contribution >= 4 is 40.1 Å².